The topological polar surface area (TPSA) is 29.9 Å². The molecule has 0 spiro atoms. The van der Waals surface area contributed by atoms with E-state index in [1.807, 2.05) is 25.6 Å². The molecule has 1 aromatic carbocycles. The minimum atomic E-state index is -0.269. The smallest absolute Gasteiger partial charge is 0.123 e. The molecule has 0 radical (unpaired) electrons. The van der Waals surface area contributed by atoms with Crippen molar-refractivity contribution in [3.8, 4) is 0 Å². The normalized spacial score (nSPS) is 11.0. The highest BCUT2D eigenvalue weighted by Crippen LogP contribution is 2.17. The summed E-state index contributed by atoms with van der Waals surface area (Å²) in [6.07, 6.45) is 0. The highest BCUT2D eigenvalue weighted by molar-refractivity contribution is 6.31. The van der Waals surface area contributed by atoms with Gasteiger partial charge in [0, 0.05) is 36.4 Å². The van der Waals surface area contributed by atoms with Gasteiger partial charge in [-0.2, -0.15) is 5.10 Å². The van der Waals surface area contributed by atoms with Gasteiger partial charge in [0.15, 0.2) is 0 Å². The van der Waals surface area contributed by atoms with E-state index in [1.165, 1.54) is 17.7 Å². The lowest BCUT2D eigenvalue weighted by molar-refractivity contribution is 0.619. The van der Waals surface area contributed by atoms with Crippen LogP contribution in [0, 0.1) is 19.7 Å². The third-order valence-corrected chi connectivity index (χ3v) is 3.65. The monoisotopic (exact) mass is 281 g/mol. The maximum Gasteiger partial charge on any atom is 0.123 e. The molecule has 1 N–H and O–H groups in total. The summed E-state index contributed by atoms with van der Waals surface area (Å²) >= 11 is 6.02. The Morgan fingerprint density at radius 1 is 1.32 bits per heavy atom. The largest absolute Gasteiger partial charge is 0.308 e. The second-order valence-electron chi connectivity index (χ2n) is 4.61. The fourth-order valence-corrected chi connectivity index (χ4v) is 2.26. The molecule has 0 amide bonds. The van der Waals surface area contributed by atoms with E-state index in [-0.39, 0.29) is 5.82 Å². The first kappa shape index (κ1) is 14.0. The van der Waals surface area contributed by atoms with Gasteiger partial charge < -0.3 is 5.32 Å². The van der Waals surface area contributed by atoms with Crippen LogP contribution in [0.4, 0.5) is 4.39 Å². The van der Waals surface area contributed by atoms with Gasteiger partial charge in [-0.25, -0.2) is 4.39 Å². The van der Waals surface area contributed by atoms with E-state index in [2.05, 4.69) is 10.4 Å². The lowest BCUT2D eigenvalue weighted by Gasteiger charge is -2.07. The van der Waals surface area contributed by atoms with E-state index in [1.54, 1.807) is 6.07 Å². The zero-order chi connectivity index (χ0) is 14.0. The van der Waals surface area contributed by atoms with Gasteiger partial charge in [-0.3, -0.25) is 4.68 Å². The predicted molar refractivity (Wildman–Crippen MR) is 74.6 cm³/mol. The van der Waals surface area contributed by atoms with Crippen molar-refractivity contribution < 1.29 is 4.39 Å². The van der Waals surface area contributed by atoms with Crippen LogP contribution in [0.5, 0.6) is 0 Å². The average Bonchev–Trinajstić information content (AvgIpc) is 2.60. The molecule has 19 heavy (non-hydrogen) atoms. The molecule has 1 heterocycles. The third-order valence-electron chi connectivity index (χ3n) is 3.28. The van der Waals surface area contributed by atoms with Gasteiger partial charge in [-0.05, 0) is 37.6 Å². The van der Waals surface area contributed by atoms with Crippen LogP contribution in [0.3, 0.4) is 0 Å². The molecule has 5 heteroatoms. The maximum atomic E-state index is 13.1. The van der Waals surface area contributed by atoms with Crippen molar-refractivity contribution in [3.05, 3.63) is 51.6 Å². The zero-order valence-electron chi connectivity index (χ0n) is 11.3. The molecule has 102 valence electrons. The van der Waals surface area contributed by atoms with Crippen LogP contribution in [0.25, 0.3) is 0 Å². The first-order chi connectivity index (χ1) is 8.99. The second-order valence-corrected chi connectivity index (χ2v) is 5.02. The molecule has 0 fully saturated rings. The Morgan fingerprint density at radius 2 is 2.05 bits per heavy atom. The van der Waals surface area contributed by atoms with E-state index in [4.69, 9.17) is 11.6 Å². The molecule has 0 saturated heterocycles. The molecule has 2 aromatic rings. The van der Waals surface area contributed by atoms with E-state index >= 15 is 0 Å². The maximum absolute atomic E-state index is 13.1. The van der Waals surface area contributed by atoms with Gasteiger partial charge in [-0.1, -0.05) is 11.6 Å². The minimum absolute atomic E-state index is 0.269. The molecule has 1 aromatic heterocycles. The van der Waals surface area contributed by atoms with E-state index < -0.39 is 0 Å². The SMILES string of the molecule is Cc1nn(C)c(C)c1CNCc1cc(F)ccc1Cl. The summed E-state index contributed by atoms with van der Waals surface area (Å²) in [6.45, 7) is 5.24. The summed E-state index contributed by atoms with van der Waals surface area (Å²) < 4.78 is 15.0. The van der Waals surface area contributed by atoms with Crippen LogP contribution in [-0.2, 0) is 20.1 Å². The standard InChI is InChI=1S/C14H17ClFN3/c1-9-13(10(2)19(3)18-9)8-17-7-11-6-12(16)4-5-14(11)15/h4-6,17H,7-8H2,1-3H3. The number of hydrogen-bond donors (Lipinski definition) is 1. The van der Waals surface area contributed by atoms with Gasteiger partial charge in [0.25, 0.3) is 0 Å². The Bertz CT molecular complexity index is 593. The summed E-state index contributed by atoms with van der Waals surface area (Å²) in [5.41, 5.74) is 4.09. The van der Waals surface area contributed by atoms with Crippen LogP contribution in [0.15, 0.2) is 18.2 Å². The summed E-state index contributed by atoms with van der Waals surface area (Å²) in [5.74, 6) is -0.269. The van der Waals surface area contributed by atoms with Crippen LogP contribution in [0.1, 0.15) is 22.5 Å². The Morgan fingerprint density at radius 3 is 2.68 bits per heavy atom. The highest BCUT2D eigenvalue weighted by Gasteiger charge is 2.09. The van der Waals surface area contributed by atoms with Crippen molar-refractivity contribution in [3.63, 3.8) is 0 Å². The number of halogens is 2. The molecule has 0 bridgehead atoms. The number of aryl methyl sites for hydroxylation is 2. The van der Waals surface area contributed by atoms with Crippen LogP contribution in [0.2, 0.25) is 5.02 Å². The fraction of sp³-hybridized carbons (Fsp3) is 0.357. The first-order valence-electron chi connectivity index (χ1n) is 6.12. The molecule has 3 nitrogen and oxygen atoms in total. The lowest BCUT2D eigenvalue weighted by Crippen LogP contribution is -2.14. The molecule has 2 rings (SSSR count). The number of nitrogens with zero attached hydrogens (tertiary/aromatic N) is 2. The van der Waals surface area contributed by atoms with Gasteiger partial charge in [0.1, 0.15) is 5.82 Å². The molecule has 0 aliphatic carbocycles. The van der Waals surface area contributed by atoms with E-state index in [0.29, 0.717) is 18.1 Å². The molecule has 0 unspecified atom stereocenters. The second kappa shape index (κ2) is 5.72. The lowest BCUT2D eigenvalue weighted by atomic mass is 10.2. The van der Waals surface area contributed by atoms with Crippen molar-refractivity contribution in [2.45, 2.75) is 26.9 Å². The van der Waals surface area contributed by atoms with Crippen molar-refractivity contribution in [1.29, 1.82) is 0 Å². The number of hydrogen-bond acceptors (Lipinski definition) is 2. The van der Waals surface area contributed by atoms with Crippen molar-refractivity contribution in [1.82, 2.24) is 15.1 Å². The quantitative estimate of drug-likeness (QED) is 0.933. The molecule has 0 aliphatic heterocycles. The van der Waals surface area contributed by atoms with Crippen LogP contribution >= 0.6 is 11.6 Å². The predicted octanol–water partition coefficient (Wildman–Crippen LogP) is 3.12. The van der Waals surface area contributed by atoms with Gasteiger partial charge >= 0.3 is 0 Å². The van der Waals surface area contributed by atoms with Crippen LogP contribution < -0.4 is 5.32 Å². The Kier molecular flexibility index (Phi) is 4.22. The Labute approximate surface area is 117 Å². The number of aromatic nitrogens is 2. The fourth-order valence-electron chi connectivity index (χ4n) is 2.07. The third kappa shape index (κ3) is 3.14. The highest BCUT2D eigenvalue weighted by atomic mass is 35.5. The number of nitrogens with one attached hydrogen (secondary N) is 1. The van der Waals surface area contributed by atoms with Gasteiger partial charge in [-0.15, -0.1) is 0 Å². The number of benzene rings is 1. The van der Waals surface area contributed by atoms with Crippen molar-refractivity contribution in [2.24, 2.45) is 7.05 Å². The first-order valence-corrected chi connectivity index (χ1v) is 6.50. The Balaban J connectivity index is 2.02. The molecule has 0 aliphatic rings. The minimum Gasteiger partial charge on any atom is -0.308 e. The summed E-state index contributed by atoms with van der Waals surface area (Å²) in [4.78, 5) is 0. The summed E-state index contributed by atoms with van der Waals surface area (Å²) in [5, 5.41) is 8.21. The van der Waals surface area contributed by atoms with Crippen LogP contribution in [-0.4, -0.2) is 9.78 Å². The number of rotatable bonds is 4. The molecular weight excluding hydrogens is 265 g/mol. The van der Waals surface area contributed by atoms with E-state index in [0.717, 1.165) is 17.0 Å². The summed E-state index contributed by atoms with van der Waals surface area (Å²) in [6, 6.07) is 4.40. The van der Waals surface area contributed by atoms with Gasteiger partial charge in [0.2, 0.25) is 0 Å². The molecule has 0 saturated carbocycles. The average molecular weight is 282 g/mol. The van der Waals surface area contributed by atoms with Crippen molar-refractivity contribution >= 4 is 11.6 Å². The molecule has 0 atom stereocenters. The summed E-state index contributed by atoms with van der Waals surface area (Å²) in [7, 11) is 1.93. The van der Waals surface area contributed by atoms with Gasteiger partial charge in [0.05, 0.1) is 5.69 Å². The van der Waals surface area contributed by atoms with Crippen molar-refractivity contribution in [2.75, 3.05) is 0 Å². The van der Waals surface area contributed by atoms with E-state index in [9.17, 15) is 4.39 Å². The Hall–Kier alpha value is -1.39. The molecular formula is C14H17ClFN3. The zero-order valence-corrected chi connectivity index (χ0v) is 12.1.